The van der Waals surface area contributed by atoms with Crippen molar-refractivity contribution in [2.45, 2.75) is 38.7 Å². The van der Waals surface area contributed by atoms with Crippen molar-refractivity contribution >= 4 is 0 Å². The van der Waals surface area contributed by atoms with Gasteiger partial charge in [0.05, 0.1) is 20.3 Å². The molecule has 1 aromatic carbocycles. The Hall–Kier alpha value is -1.26. The number of rotatable bonds is 10. The maximum absolute atomic E-state index is 9.05. The van der Waals surface area contributed by atoms with E-state index in [-0.39, 0.29) is 13.2 Å². The van der Waals surface area contributed by atoms with E-state index in [0.29, 0.717) is 12.4 Å². The first-order chi connectivity index (χ1) is 9.31. The number of benzene rings is 1. The van der Waals surface area contributed by atoms with Crippen molar-refractivity contribution in [3.05, 3.63) is 23.8 Å². The average molecular weight is 268 g/mol. The van der Waals surface area contributed by atoms with Crippen LogP contribution in [0.2, 0.25) is 0 Å². The van der Waals surface area contributed by atoms with E-state index in [2.05, 4.69) is 0 Å². The molecule has 0 bridgehead atoms. The van der Waals surface area contributed by atoms with Crippen molar-refractivity contribution in [1.29, 1.82) is 0 Å². The van der Waals surface area contributed by atoms with Crippen molar-refractivity contribution < 1.29 is 19.7 Å². The van der Waals surface area contributed by atoms with E-state index in [1.165, 1.54) is 0 Å². The Bertz CT molecular complexity index is 352. The van der Waals surface area contributed by atoms with Crippen molar-refractivity contribution in [3.63, 3.8) is 0 Å². The molecule has 2 N–H and O–H groups in total. The molecule has 0 spiro atoms. The molecule has 0 fully saturated rings. The Morgan fingerprint density at radius 1 is 0.947 bits per heavy atom. The van der Waals surface area contributed by atoms with Gasteiger partial charge in [0.25, 0.3) is 0 Å². The lowest BCUT2D eigenvalue weighted by Crippen LogP contribution is -2.00. The largest absolute Gasteiger partial charge is 0.493 e. The van der Waals surface area contributed by atoms with E-state index in [1.54, 1.807) is 13.2 Å². The predicted molar refractivity (Wildman–Crippen MR) is 74.6 cm³/mol. The smallest absolute Gasteiger partial charge is 0.161 e. The first kappa shape index (κ1) is 15.8. The number of hydrogen-bond acceptors (Lipinski definition) is 4. The Morgan fingerprint density at radius 2 is 1.68 bits per heavy atom. The molecule has 0 saturated carbocycles. The molecule has 1 rings (SSSR count). The normalized spacial score (nSPS) is 10.5. The predicted octanol–water partition coefficient (Wildman–Crippen LogP) is 2.51. The molecular formula is C15H24O4. The summed E-state index contributed by atoms with van der Waals surface area (Å²) in [5.41, 5.74) is 0.813. The van der Waals surface area contributed by atoms with Gasteiger partial charge in [-0.2, -0.15) is 0 Å². The molecule has 0 amide bonds. The van der Waals surface area contributed by atoms with Crippen LogP contribution in [0.3, 0.4) is 0 Å². The molecule has 19 heavy (non-hydrogen) atoms. The van der Waals surface area contributed by atoms with Crippen molar-refractivity contribution in [2.24, 2.45) is 0 Å². The minimum Gasteiger partial charge on any atom is -0.493 e. The summed E-state index contributed by atoms with van der Waals surface area (Å²) in [5, 5.41) is 17.7. The lowest BCUT2D eigenvalue weighted by atomic mass is 10.1. The van der Waals surface area contributed by atoms with Crippen LogP contribution in [-0.4, -0.2) is 30.5 Å². The van der Waals surface area contributed by atoms with Gasteiger partial charge in [-0.1, -0.05) is 25.3 Å². The first-order valence-electron chi connectivity index (χ1n) is 6.83. The molecular weight excluding hydrogens is 244 g/mol. The molecule has 0 unspecified atom stereocenters. The summed E-state index contributed by atoms with van der Waals surface area (Å²) in [6.45, 7) is 0.945. The third kappa shape index (κ3) is 5.94. The zero-order chi connectivity index (χ0) is 13.9. The van der Waals surface area contributed by atoms with Gasteiger partial charge in [-0.15, -0.1) is 0 Å². The highest BCUT2D eigenvalue weighted by molar-refractivity contribution is 5.42. The fourth-order valence-electron chi connectivity index (χ4n) is 1.86. The second kappa shape index (κ2) is 9.64. The maximum atomic E-state index is 9.05. The molecule has 0 heterocycles. The molecule has 4 nitrogen and oxygen atoms in total. The SMILES string of the molecule is COc1cc(CO)ccc1OCCCCCCCO. The molecule has 0 aliphatic carbocycles. The van der Waals surface area contributed by atoms with Crippen LogP contribution in [0.1, 0.15) is 37.7 Å². The summed E-state index contributed by atoms with van der Waals surface area (Å²) in [6, 6.07) is 5.45. The maximum Gasteiger partial charge on any atom is 0.161 e. The fourth-order valence-corrected chi connectivity index (χ4v) is 1.86. The van der Waals surface area contributed by atoms with Crippen LogP contribution in [0.5, 0.6) is 11.5 Å². The number of aliphatic hydroxyl groups is 2. The summed E-state index contributed by atoms with van der Waals surface area (Å²) >= 11 is 0. The third-order valence-electron chi connectivity index (χ3n) is 2.97. The summed E-state index contributed by atoms with van der Waals surface area (Å²) in [7, 11) is 1.60. The number of unbranched alkanes of at least 4 members (excludes halogenated alkanes) is 4. The Labute approximate surface area is 115 Å². The molecule has 1 aromatic rings. The van der Waals surface area contributed by atoms with E-state index < -0.39 is 0 Å². The van der Waals surface area contributed by atoms with Gasteiger partial charge in [-0.25, -0.2) is 0 Å². The van der Waals surface area contributed by atoms with Crippen LogP contribution in [0.15, 0.2) is 18.2 Å². The number of methoxy groups -OCH3 is 1. The second-order valence-electron chi connectivity index (χ2n) is 4.48. The van der Waals surface area contributed by atoms with Crippen molar-refractivity contribution in [3.8, 4) is 11.5 Å². The van der Waals surface area contributed by atoms with E-state index in [1.807, 2.05) is 12.1 Å². The molecule has 0 aliphatic heterocycles. The van der Waals surface area contributed by atoms with Crippen LogP contribution in [0.25, 0.3) is 0 Å². The lowest BCUT2D eigenvalue weighted by Gasteiger charge is -2.11. The summed E-state index contributed by atoms with van der Waals surface area (Å²) in [5.74, 6) is 1.38. The number of aliphatic hydroxyl groups excluding tert-OH is 2. The molecule has 4 heteroatoms. The summed E-state index contributed by atoms with van der Waals surface area (Å²) < 4.78 is 10.9. The zero-order valence-corrected chi connectivity index (χ0v) is 11.6. The molecule has 0 aliphatic rings. The van der Waals surface area contributed by atoms with E-state index in [4.69, 9.17) is 19.7 Å². The average Bonchev–Trinajstić information content (AvgIpc) is 2.46. The van der Waals surface area contributed by atoms with Crippen LogP contribution >= 0.6 is 0 Å². The fraction of sp³-hybridized carbons (Fsp3) is 0.600. The van der Waals surface area contributed by atoms with Crippen LogP contribution < -0.4 is 9.47 Å². The molecule has 0 radical (unpaired) electrons. The van der Waals surface area contributed by atoms with Gasteiger partial charge in [0.1, 0.15) is 0 Å². The molecule has 0 atom stereocenters. The van der Waals surface area contributed by atoms with Gasteiger partial charge in [-0.3, -0.25) is 0 Å². The Balaban J connectivity index is 2.28. The summed E-state index contributed by atoms with van der Waals surface area (Å²) in [4.78, 5) is 0. The highest BCUT2D eigenvalue weighted by Crippen LogP contribution is 2.28. The van der Waals surface area contributed by atoms with Gasteiger partial charge in [0, 0.05) is 6.61 Å². The van der Waals surface area contributed by atoms with Gasteiger partial charge in [0.15, 0.2) is 11.5 Å². The van der Waals surface area contributed by atoms with E-state index >= 15 is 0 Å². The lowest BCUT2D eigenvalue weighted by molar-refractivity contribution is 0.271. The molecule has 0 saturated heterocycles. The van der Waals surface area contributed by atoms with Crippen molar-refractivity contribution in [1.82, 2.24) is 0 Å². The number of hydrogen-bond donors (Lipinski definition) is 2. The monoisotopic (exact) mass is 268 g/mol. The minimum atomic E-state index is 0.00149. The Morgan fingerprint density at radius 3 is 2.37 bits per heavy atom. The van der Waals surface area contributed by atoms with E-state index in [0.717, 1.165) is 43.4 Å². The third-order valence-corrected chi connectivity index (χ3v) is 2.97. The van der Waals surface area contributed by atoms with Gasteiger partial charge < -0.3 is 19.7 Å². The van der Waals surface area contributed by atoms with Crippen LogP contribution in [-0.2, 0) is 6.61 Å². The minimum absolute atomic E-state index is 0.00149. The quantitative estimate of drug-likeness (QED) is 0.640. The first-order valence-corrected chi connectivity index (χ1v) is 6.83. The zero-order valence-electron chi connectivity index (χ0n) is 11.6. The topological polar surface area (TPSA) is 58.9 Å². The Kier molecular flexibility index (Phi) is 8.02. The highest BCUT2D eigenvalue weighted by atomic mass is 16.5. The van der Waals surface area contributed by atoms with Gasteiger partial charge in [0.2, 0.25) is 0 Å². The second-order valence-corrected chi connectivity index (χ2v) is 4.48. The summed E-state index contributed by atoms with van der Waals surface area (Å²) in [6.07, 6.45) is 5.19. The molecule has 108 valence electrons. The van der Waals surface area contributed by atoms with Crippen LogP contribution in [0.4, 0.5) is 0 Å². The van der Waals surface area contributed by atoms with Gasteiger partial charge in [-0.05, 0) is 30.5 Å². The van der Waals surface area contributed by atoms with Crippen LogP contribution in [0, 0.1) is 0 Å². The van der Waals surface area contributed by atoms with Gasteiger partial charge >= 0.3 is 0 Å². The van der Waals surface area contributed by atoms with E-state index in [9.17, 15) is 0 Å². The van der Waals surface area contributed by atoms with Crippen molar-refractivity contribution in [2.75, 3.05) is 20.3 Å². The number of ether oxygens (including phenoxy) is 2. The standard InChI is InChI=1S/C15H24O4/c1-18-15-11-13(12-17)7-8-14(15)19-10-6-4-2-3-5-9-16/h7-8,11,16-17H,2-6,9-10,12H2,1H3. The highest BCUT2D eigenvalue weighted by Gasteiger charge is 2.05. The molecule has 0 aromatic heterocycles.